The number of nitrogens with zero attached hydrogens (tertiary/aromatic N) is 4. The van der Waals surface area contributed by atoms with Gasteiger partial charge in [-0.05, 0) is 17.9 Å². The van der Waals surface area contributed by atoms with Gasteiger partial charge in [-0.25, -0.2) is 22.8 Å². The average molecular weight is 539 g/mol. The van der Waals surface area contributed by atoms with E-state index in [0.717, 1.165) is 37.5 Å². The second kappa shape index (κ2) is 10.5. The van der Waals surface area contributed by atoms with Crippen LogP contribution in [0.4, 0.5) is 0 Å². The smallest absolute Gasteiger partial charge is 0.250 e. The van der Waals surface area contributed by atoms with Crippen LogP contribution in [0.2, 0.25) is 0 Å². The Morgan fingerprint density at radius 3 is 2.93 bits per heavy atom. The third-order valence-electron chi connectivity index (χ3n) is 4.25. The molecule has 3 heterocycles. The number of fused-ring (bicyclic) bond motifs is 1. The highest BCUT2D eigenvalue weighted by atomic mass is 127. The van der Waals surface area contributed by atoms with Crippen molar-refractivity contribution in [2.75, 3.05) is 20.1 Å². The SMILES string of the molecule is CCc1nc2n(n1)CC(NC(=NC)NCCNS(=O)(=O)c1cccs1)CC2.I. The van der Waals surface area contributed by atoms with Crippen molar-refractivity contribution >= 4 is 51.3 Å². The van der Waals surface area contributed by atoms with Crippen molar-refractivity contribution in [1.82, 2.24) is 30.1 Å². The first kappa shape index (κ1) is 23.0. The number of thiophene rings is 1. The fraction of sp³-hybridized carbons (Fsp3) is 0.562. The molecule has 1 unspecified atom stereocenters. The highest BCUT2D eigenvalue weighted by Crippen LogP contribution is 2.15. The minimum absolute atomic E-state index is 0. The van der Waals surface area contributed by atoms with Gasteiger partial charge in [0.2, 0.25) is 10.0 Å². The lowest BCUT2D eigenvalue weighted by molar-refractivity contribution is 0.392. The van der Waals surface area contributed by atoms with Crippen LogP contribution in [0.3, 0.4) is 0 Å². The zero-order chi connectivity index (χ0) is 19.3. The Labute approximate surface area is 186 Å². The third-order valence-corrected chi connectivity index (χ3v) is 7.11. The number of aromatic nitrogens is 3. The predicted octanol–water partition coefficient (Wildman–Crippen LogP) is 0.978. The Kier molecular flexibility index (Phi) is 8.64. The number of guanidine groups is 1. The van der Waals surface area contributed by atoms with Crippen molar-refractivity contribution in [3.05, 3.63) is 29.2 Å². The number of halogens is 1. The summed E-state index contributed by atoms with van der Waals surface area (Å²) < 4.78 is 29.0. The van der Waals surface area contributed by atoms with E-state index in [1.54, 1.807) is 24.6 Å². The summed E-state index contributed by atoms with van der Waals surface area (Å²) in [5.74, 6) is 2.57. The molecule has 0 aliphatic carbocycles. The van der Waals surface area contributed by atoms with E-state index >= 15 is 0 Å². The molecule has 0 fully saturated rings. The van der Waals surface area contributed by atoms with E-state index in [4.69, 9.17) is 0 Å². The lowest BCUT2D eigenvalue weighted by Gasteiger charge is -2.25. The lowest BCUT2D eigenvalue weighted by atomic mass is 10.1. The molecule has 0 aromatic carbocycles. The molecule has 156 valence electrons. The van der Waals surface area contributed by atoms with Crippen LogP contribution in [0.5, 0.6) is 0 Å². The normalized spacial score (nSPS) is 16.9. The molecule has 28 heavy (non-hydrogen) atoms. The number of hydrogen-bond donors (Lipinski definition) is 3. The molecule has 2 aromatic heterocycles. The van der Waals surface area contributed by atoms with Crippen molar-refractivity contribution < 1.29 is 8.42 Å². The minimum Gasteiger partial charge on any atom is -0.355 e. The first-order valence-corrected chi connectivity index (χ1v) is 11.3. The fourth-order valence-corrected chi connectivity index (χ4v) is 4.94. The Bertz CT molecular complexity index is 881. The van der Waals surface area contributed by atoms with E-state index in [-0.39, 0.29) is 36.6 Å². The molecular formula is C16H26IN7O2S2. The van der Waals surface area contributed by atoms with Gasteiger partial charge in [-0.3, -0.25) is 4.99 Å². The molecular weight excluding hydrogens is 513 g/mol. The molecule has 3 rings (SSSR count). The summed E-state index contributed by atoms with van der Waals surface area (Å²) in [6.45, 7) is 3.51. The minimum atomic E-state index is -3.43. The fourth-order valence-electron chi connectivity index (χ4n) is 2.87. The molecule has 2 aromatic rings. The van der Waals surface area contributed by atoms with Crippen molar-refractivity contribution in [3.63, 3.8) is 0 Å². The largest absolute Gasteiger partial charge is 0.355 e. The molecule has 1 aliphatic heterocycles. The summed E-state index contributed by atoms with van der Waals surface area (Å²) in [5.41, 5.74) is 0. The maximum absolute atomic E-state index is 12.1. The number of rotatable bonds is 7. The predicted molar refractivity (Wildman–Crippen MR) is 121 cm³/mol. The van der Waals surface area contributed by atoms with Crippen LogP contribution < -0.4 is 15.4 Å². The van der Waals surface area contributed by atoms with Crippen molar-refractivity contribution in [2.24, 2.45) is 4.99 Å². The van der Waals surface area contributed by atoms with Gasteiger partial charge in [-0.2, -0.15) is 5.10 Å². The van der Waals surface area contributed by atoms with Gasteiger partial charge < -0.3 is 10.6 Å². The second-order valence-electron chi connectivity index (χ2n) is 6.19. The first-order valence-electron chi connectivity index (χ1n) is 8.94. The van der Waals surface area contributed by atoms with E-state index in [1.165, 1.54) is 11.3 Å². The molecule has 9 nitrogen and oxygen atoms in total. The van der Waals surface area contributed by atoms with Crippen molar-refractivity contribution in [1.29, 1.82) is 0 Å². The van der Waals surface area contributed by atoms with E-state index in [9.17, 15) is 8.42 Å². The van der Waals surface area contributed by atoms with E-state index in [1.807, 2.05) is 4.68 Å². The van der Waals surface area contributed by atoms with E-state index in [2.05, 4.69) is 37.4 Å². The van der Waals surface area contributed by atoms with Crippen LogP contribution >= 0.6 is 35.3 Å². The molecule has 0 saturated heterocycles. The lowest BCUT2D eigenvalue weighted by Crippen LogP contribution is -2.48. The Morgan fingerprint density at radius 1 is 1.43 bits per heavy atom. The van der Waals surface area contributed by atoms with Gasteiger partial charge in [-0.1, -0.05) is 13.0 Å². The van der Waals surface area contributed by atoms with E-state index in [0.29, 0.717) is 16.7 Å². The summed E-state index contributed by atoms with van der Waals surface area (Å²) in [7, 11) is -1.73. The highest BCUT2D eigenvalue weighted by molar-refractivity contribution is 14.0. The zero-order valence-corrected chi connectivity index (χ0v) is 19.8. The summed E-state index contributed by atoms with van der Waals surface area (Å²) in [4.78, 5) is 8.74. The van der Waals surface area contributed by atoms with Crippen LogP contribution in [0.25, 0.3) is 0 Å². The summed E-state index contributed by atoms with van der Waals surface area (Å²) in [6.07, 6.45) is 2.67. The summed E-state index contributed by atoms with van der Waals surface area (Å²) in [6, 6.07) is 3.52. The topological polar surface area (TPSA) is 113 Å². The van der Waals surface area contributed by atoms with Crippen LogP contribution in [0.1, 0.15) is 25.0 Å². The van der Waals surface area contributed by atoms with Crippen LogP contribution in [-0.4, -0.2) is 55.3 Å². The zero-order valence-electron chi connectivity index (χ0n) is 15.9. The summed E-state index contributed by atoms with van der Waals surface area (Å²) in [5, 5.41) is 12.8. The number of sulfonamides is 1. The Balaban J connectivity index is 0.00000280. The summed E-state index contributed by atoms with van der Waals surface area (Å²) >= 11 is 1.20. The van der Waals surface area contributed by atoms with Gasteiger partial charge in [-0.15, -0.1) is 35.3 Å². The van der Waals surface area contributed by atoms with Gasteiger partial charge in [0.15, 0.2) is 11.8 Å². The molecule has 1 atom stereocenters. The molecule has 0 radical (unpaired) electrons. The molecule has 12 heteroatoms. The highest BCUT2D eigenvalue weighted by Gasteiger charge is 2.22. The van der Waals surface area contributed by atoms with Gasteiger partial charge in [0.1, 0.15) is 10.0 Å². The monoisotopic (exact) mass is 539 g/mol. The first-order chi connectivity index (χ1) is 13.0. The Morgan fingerprint density at radius 2 is 2.25 bits per heavy atom. The van der Waals surface area contributed by atoms with E-state index < -0.39 is 10.0 Å². The number of nitrogens with one attached hydrogen (secondary N) is 3. The van der Waals surface area contributed by atoms with Gasteiger partial charge in [0, 0.05) is 39.0 Å². The van der Waals surface area contributed by atoms with Crippen molar-refractivity contribution in [2.45, 2.75) is 43.0 Å². The van der Waals surface area contributed by atoms with Crippen LogP contribution in [0, 0.1) is 0 Å². The molecule has 3 N–H and O–H groups in total. The molecule has 1 aliphatic rings. The number of aliphatic imine (C=N–C) groups is 1. The maximum Gasteiger partial charge on any atom is 0.250 e. The van der Waals surface area contributed by atoms with Gasteiger partial charge in [0.25, 0.3) is 0 Å². The van der Waals surface area contributed by atoms with Gasteiger partial charge >= 0.3 is 0 Å². The number of hydrogen-bond acceptors (Lipinski definition) is 6. The quantitative estimate of drug-likeness (QED) is 0.209. The number of aryl methyl sites for hydroxylation is 2. The van der Waals surface area contributed by atoms with Gasteiger partial charge in [0.05, 0.1) is 6.54 Å². The van der Waals surface area contributed by atoms with Crippen molar-refractivity contribution in [3.8, 4) is 0 Å². The third kappa shape index (κ3) is 5.87. The molecule has 0 bridgehead atoms. The maximum atomic E-state index is 12.1. The molecule has 0 saturated carbocycles. The Hall–Kier alpha value is -1.25. The molecule has 0 spiro atoms. The standard InChI is InChI=1S/C16H25N7O2S2.HI/c1-3-13-21-14-7-6-12(11-23(14)22-13)20-16(17-2)18-8-9-19-27(24,25)15-5-4-10-26-15;/h4-5,10,12,19H,3,6-9,11H2,1-2H3,(H2,17,18,20);1H. The van der Waals surface area contributed by atoms with Crippen LogP contribution in [0.15, 0.2) is 26.7 Å². The average Bonchev–Trinajstić information content (AvgIpc) is 3.33. The van der Waals surface area contributed by atoms with Crippen LogP contribution in [-0.2, 0) is 29.4 Å². The second-order valence-corrected chi connectivity index (χ2v) is 9.13. The molecule has 0 amide bonds.